The van der Waals surface area contributed by atoms with E-state index in [1.807, 2.05) is 30.9 Å². The van der Waals surface area contributed by atoms with E-state index in [4.69, 9.17) is 4.74 Å². The average molecular weight is 347 g/mol. The first-order valence-electron chi connectivity index (χ1n) is 9.18. The van der Waals surface area contributed by atoms with Gasteiger partial charge in [0.15, 0.2) is 0 Å². The summed E-state index contributed by atoms with van der Waals surface area (Å²) in [6, 6.07) is 4.47. The standard InChI is InChI=1S/C19H29N3O3/c1-14-11-16(12-15(2)18(14)23)3-5-20-19(24)22-6-4-17(13-22)21-7-9-25-10-8-21/h11-12,17,23H,3-10,13H2,1-2H3,(H,20,24). The highest BCUT2D eigenvalue weighted by molar-refractivity contribution is 5.74. The maximum Gasteiger partial charge on any atom is 0.317 e. The maximum atomic E-state index is 12.4. The largest absolute Gasteiger partial charge is 0.507 e. The molecule has 25 heavy (non-hydrogen) atoms. The van der Waals surface area contributed by atoms with E-state index in [9.17, 15) is 9.90 Å². The Morgan fingerprint density at radius 1 is 1.24 bits per heavy atom. The van der Waals surface area contributed by atoms with Crippen LogP contribution in [0.1, 0.15) is 23.1 Å². The number of ether oxygens (including phenoxy) is 1. The van der Waals surface area contributed by atoms with Crippen molar-refractivity contribution in [3.63, 3.8) is 0 Å². The van der Waals surface area contributed by atoms with Gasteiger partial charge in [0.25, 0.3) is 0 Å². The molecular weight excluding hydrogens is 318 g/mol. The molecule has 0 saturated carbocycles. The maximum absolute atomic E-state index is 12.4. The van der Waals surface area contributed by atoms with E-state index in [0.717, 1.165) is 68.9 Å². The third kappa shape index (κ3) is 4.44. The fraction of sp³-hybridized carbons (Fsp3) is 0.632. The van der Waals surface area contributed by atoms with Crippen LogP contribution in [0, 0.1) is 13.8 Å². The van der Waals surface area contributed by atoms with E-state index in [-0.39, 0.29) is 6.03 Å². The van der Waals surface area contributed by atoms with Gasteiger partial charge in [-0.05, 0) is 43.4 Å². The van der Waals surface area contributed by atoms with Gasteiger partial charge in [-0.2, -0.15) is 0 Å². The first kappa shape index (κ1) is 18.0. The molecule has 1 aromatic carbocycles. The SMILES string of the molecule is Cc1cc(CCNC(=O)N2CCC(N3CCOCC3)C2)cc(C)c1O. The molecule has 0 bridgehead atoms. The number of hydrogen-bond donors (Lipinski definition) is 2. The highest BCUT2D eigenvalue weighted by Gasteiger charge is 2.30. The third-order valence-electron chi connectivity index (χ3n) is 5.25. The topological polar surface area (TPSA) is 65.0 Å². The van der Waals surface area contributed by atoms with Crippen molar-refractivity contribution in [2.45, 2.75) is 32.7 Å². The second-order valence-electron chi connectivity index (χ2n) is 7.10. The predicted octanol–water partition coefficient (Wildman–Crippen LogP) is 1.67. The smallest absolute Gasteiger partial charge is 0.317 e. The molecule has 2 N–H and O–H groups in total. The van der Waals surface area contributed by atoms with Crippen LogP contribution in [0.4, 0.5) is 4.79 Å². The van der Waals surface area contributed by atoms with Crippen LogP contribution in [0.25, 0.3) is 0 Å². The molecule has 1 atom stereocenters. The van der Waals surface area contributed by atoms with Crippen LogP contribution in [-0.4, -0.2) is 72.9 Å². The molecule has 2 amide bonds. The number of phenols is 1. The minimum Gasteiger partial charge on any atom is -0.507 e. The van der Waals surface area contributed by atoms with Gasteiger partial charge in [-0.15, -0.1) is 0 Å². The number of nitrogens with zero attached hydrogens (tertiary/aromatic N) is 2. The number of hydrogen-bond acceptors (Lipinski definition) is 4. The molecule has 6 heteroatoms. The molecule has 2 aliphatic heterocycles. The molecule has 2 saturated heterocycles. The van der Waals surface area contributed by atoms with Gasteiger partial charge in [0.2, 0.25) is 0 Å². The van der Waals surface area contributed by atoms with Gasteiger partial charge in [0.05, 0.1) is 13.2 Å². The van der Waals surface area contributed by atoms with Crippen molar-refractivity contribution in [1.82, 2.24) is 15.1 Å². The molecular formula is C19H29N3O3. The number of morpholine rings is 1. The quantitative estimate of drug-likeness (QED) is 0.870. The van der Waals surface area contributed by atoms with Gasteiger partial charge in [-0.1, -0.05) is 12.1 Å². The summed E-state index contributed by atoms with van der Waals surface area (Å²) in [5.41, 5.74) is 2.91. The Morgan fingerprint density at radius 3 is 2.60 bits per heavy atom. The molecule has 2 aliphatic rings. The number of amides is 2. The van der Waals surface area contributed by atoms with Gasteiger partial charge in [0.1, 0.15) is 5.75 Å². The van der Waals surface area contributed by atoms with Gasteiger partial charge in [-0.25, -0.2) is 4.79 Å². The van der Waals surface area contributed by atoms with Crippen molar-refractivity contribution in [3.8, 4) is 5.75 Å². The lowest BCUT2D eigenvalue weighted by molar-refractivity contribution is 0.0191. The van der Waals surface area contributed by atoms with Gasteiger partial charge in [0, 0.05) is 38.8 Å². The lowest BCUT2D eigenvalue weighted by atomic mass is 10.0. The molecule has 3 rings (SSSR count). The second kappa shape index (κ2) is 8.06. The summed E-state index contributed by atoms with van der Waals surface area (Å²) in [6.07, 6.45) is 1.82. The normalized spacial score (nSPS) is 21.5. The molecule has 1 aromatic rings. The molecule has 0 spiro atoms. The summed E-state index contributed by atoms with van der Waals surface area (Å²) < 4.78 is 5.40. The van der Waals surface area contributed by atoms with E-state index < -0.39 is 0 Å². The van der Waals surface area contributed by atoms with Crippen molar-refractivity contribution in [3.05, 3.63) is 28.8 Å². The van der Waals surface area contributed by atoms with E-state index in [0.29, 0.717) is 18.3 Å². The highest BCUT2D eigenvalue weighted by atomic mass is 16.5. The second-order valence-corrected chi connectivity index (χ2v) is 7.10. The van der Waals surface area contributed by atoms with Crippen LogP contribution >= 0.6 is 0 Å². The number of urea groups is 1. The van der Waals surface area contributed by atoms with Crippen molar-refractivity contribution >= 4 is 6.03 Å². The molecule has 1 unspecified atom stereocenters. The Balaban J connectivity index is 1.44. The summed E-state index contributed by atoms with van der Waals surface area (Å²) in [4.78, 5) is 16.8. The number of phenolic OH excluding ortho intramolecular Hbond substituents is 1. The third-order valence-corrected chi connectivity index (χ3v) is 5.25. The number of benzene rings is 1. The number of carbonyl (C=O) groups is 1. The number of likely N-dealkylation sites (tertiary alicyclic amines) is 1. The number of carbonyl (C=O) groups excluding carboxylic acids is 1. The van der Waals surface area contributed by atoms with Crippen LogP contribution in [0.5, 0.6) is 5.75 Å². The Hall–Kier alpha value is -1.79. The van der Waals surface area contributed by atoms with E-state index >= 15 is 0 Å². The van der Waals surface area contributed by atoms with Crippen LogP contribution in [0.2, 0.25) is 0 Å². The number of aromatic hydroxyl groups is 1. The lowest BCUT2D eigenvalue weighted by Crippen LogP contribution is -2.46. The Bertz CT molecular complexity index is 591. The van der Waals surface area contributed by atoms with Crippen molar-refractivity contribution < 1.29 is 14.6 Å². The fourth-order valence-corrected chi connectivity index (χ4v) is 3.78. The predicted molar refractivity (Wildman–Crippen MR) is 97.1 cm³/mol. The molecule has 2 fully saturated rings. The zero-order valence-electron chi connectivity index (χ0n) is 15.3. The Labute approximate surface area is 149 Å². The monoisotopic (exact) mass is 347 g/mol. The first-order valence-corrected chi connectivity index (χ1v) is 9.18. The molecule has 138 valence electrons. The van der Waals surface area contributed by atoms with Crippen LogP contribution in [0.3, 0.4) is 0 Å². The van der Waals surface area contributed by atoms with Gasteiger partial charge >= 0.3 is 6.03 Å². The van der Waals surface area contributed by atoms with Gasteiger partial charge in [-0.3, -0.25) is 4.90 Å². The van der Waals surface area contributed by atoms with E-state index in [1.165, 1.54) is 0 Å². The lowest BCUT2D eigenvalue weighted by Gasteiger charge is -2.32. The number of rotatable bonds is 4. The minimum absolute atomic E-state index is 0.0305. The van der Waals surface area contributed by atoms with Crippen molar-refractivity contribution in [2.24, 2.45) is 0 Å². The van der Waals surface area contributed by atoms with E-state index in [1.54, 1.807) is 0 Å². The fourth-order valence-electron chi connectivity index (χ4n) is 3.78. The Morgan fingerprint density at radius 2 is 1.92 bits per heavy atom. The zero-order valence-corrected chi connectivity index (χ0v) is 15.3. The van der Waals surface area contributed by atoms with Crippen molar-refractivity contribution in [2.75, 3.05) is 45.9 Å². The first-order chi connectivity index (χ1) is 12.0. The van der Waals surface area contributed by atoms with E-state index in [2.05, 4.69) is 10.2 Å². The zero-order chi connectivity index (χ0) is 17.8. The minimum atomic E-state index is 0.0305. The summed E-state index contributed by atoms with van der Waals surface area (Å²) in [6.45, 7) is 9.60. The van der Waals surface area contributed by atoms with Crippen LogP contribution < -0.4 is 5.32 Å². The molecule has 0 aliphatic carbocycles. The Kier molecular flexibility index (Phi) is 5.81. The number of nitrogens with one attached hydrogen (secondary N) is 1. The average Bonchev–Trinajstić information content (AvgIpc) is 3.10. The molecule has 0 radical (unpaired) electrons. The summed E-state index contributed by atoms with van der Waals surface area (Å²) in [5, 5.41) is 12.9. The van der Waals surface area contributed by atoms with Crippen LogP contribution in [0.15, 0.2) is 12.1 Å². The van der Waals surface area contributed by atoms with Crippen molar-refractivity contribution in [1.29, 1.82) is 0 Å². The number of aryl methyl sites for hydroxylation is 2. The van der Waals surface area contributed by atoms with Gasteiger partial charge < -0.3 is 20.1 Å². The summed E-state index contributed by atoms with van der Waals surface area (Å²) in [5.74, 6) is 0.360. The molecule has 0 aromatic heterocycles. The highest BCUT2D eigenvalue weighted by Crippen LogP contribution is 2.23. The summed E-state index contributed by atoms with van der Waals surface area (Å²) in [7, 11) is 0. The summed E-state index contributed by atoms with van der Waals surface area (Å²) >= 11 is 0. The van der Waals surface area contributed by atoms with Crippen LogP contribution in [-0.2, 0) is 11.2 Å². The molecule has 2 heterocycles. The molecule has 6 nitrogen and oxygen atoms in total.